The highest BCUT2D eigenvalue weighted by molar-refractivity contribution is 5.90. The molecule has 1 rings (SSSR count). The topological polar surface area (TPSA) is 54.9 Å². The van der Waals surface area contributed by atoms with Crippen LogP contribution in [0.4, 0.5) is 0 Å². The van der Waals surface area contributed by atoms with E-state index in [1.807, 2.05) is 32.1 Å². The molecule has 0 fully saturated rings. The summed E-state index contributed by atoms with van der Waals surface area (Å²) in [6.45, 7) is 4.40. The zero-order chi connectivity index (χ0) is 11.1. The zero-order valence-corrected chi connectivity index (χ0v) is 9.03. The Hall–Kier alpha value is -1.71. The average molecular weight is 205 g/mol. The van der Waals surface area contributed by atoms with Gasteiger partial charge in [0, 0.05) is 18.4 Å². The lowest BCUT2D eigenvalue weighted by Crippen LogP contribution is -2.25. The third kappa shape index (κ3) is 3.50. The Bertz CT molecular complexity index is 361. The molecule has 1 heterocycles. The molecule has 15 heavy (non-hydrogen) atoms. The fourth-order valence-electron chi connectivity index (χ4n) is 1.05. The second-order valence-electron chi connectivity index (χ2n) is 3.00. The van der Waals surface area contributed by atoms with Gasteiger partial charge in [-0.25, -0.2) is 9.97 Å². The first-order chi connectivity index (χ1) is 7.27. The molecular formula is C11H15N3O. The van der Waals surface area contributed by atoms with Crippen molar-refractivity contribution in [2.75, 3.05) is 6.54 Å². The lowest BCUT2D eigenvalue weighted by atomic mass is 10.3. The molecule has 0 spiro atoms. The largest absolute Gasteiger partial charge is 0.346 e. The van der Waals surface area contributed by atoms with Gasteiger partial charge < -0.3 is 5.32 Å². The molecule has 0 aliphatic rings. The van der Waals surface area contributed by atoms with E-state index in [9.17, 15) is 4.79 Å². The number of nitrogens with zero attached hydrogens (tertiary/aromatic N) is 2. The highest BCUT2D eigenvalue weighted by Gasteiger charge is 2.07. The van der Waals surface area contributed by atoms with Crippen LogP contribution in [-0.4, -0.2) is 22.4 Å². The standard InChI is InChI=1S/C11H15N3O/c1-3-5-7-13-11(15)10-12-8-6-9(4-2)14-10/h3,5-6,8H,4,7H2,1-2H3,(H,13,15)/b5-3+. The molecule has 0 saturated carbocycles. The molecule has 80 valence electrons. The van der Waals surface area contributed by atoms with Crippen molar-refractivity contribution in [3.63, 3.8) is 0 Å². The summed E-state index contributed by atoms with van der Waals surface area (Å²) in [5, 5.41) is 2.70. The van der Waals surface area contributed by atoms with Gasteiger partial charge in [0.25, 0.3) is 5.91 Å². The van der Waals surface area contributed by atoms with Crippen LogP contribution in [0, 0.1) is 0 Å². The summed E-state index contributed by atoms with van der Waals surface area (Å²) >= 11 is 0. The van der Waals surface area contributed by atoms with Crippen LogP contribution in [0.15, 0.2) is 24.4 Å². The lowest BCUT2D eigenvalue weighted by molar-refractivity contribution is 0.0947. The first-order valence-corrected chi connectivity index (χ1v) is 4.99. The number of aromatic nitrogens is 2. The molecule has 0 aliphatic heterocycles. The van der Waals surface area contributed by atoms with Crippen molar-refractivity contribution in [3.8, 4) is 0 Å². The van der Waals surface area contributed by atoms with E-state index >= 15 is 0 Å². The number of hydrogen-bond donors (Lipinski definition) is 1. The van der Waals surface area contributed by atoms with E-state index in [4.69, 9.17) is 0 Å². The Labute approximate surface area is 89.4 Å². The van der Waals surface area contributed by atoms with Crippen molar-refractivity contribution in [2.24, 2.45) is 0 Å². The number of carbonyl (C=O) groups excluding carboxylic acids is 1. The summed E-state index contributed by atoms with van der Waals surface area (Å²) in [6, 6.07) is 1.81. The fraction of sp³-hybridized carbons (Fsp3) is 0.364. The minimum absolute atomic E-state index is 0.233. The number of amides is 1. The maximum atomic E-state index is 11.5. The van der Waals surface area contributed by atoms with Crippen molar-refractivity contribution in [1.29, 1.82) is 0 Å². The average Bonchev–Trinajstić information content (AvgIpc) is 2.29. The van der Waals surface area contributed by atoms with Gasteiger partial charge >= 0.3 is 0 Å². The molecule has 0 radical (unpaired) electrons. The minimum atomic E-state index is -0.233. The quantitative estimate of drug-likeness (QED) is 0.755. The number of aryl methyl sites for hydroxylation is 1. The van der Waals surface area contributed by atoms with Crippen LogP contribution >= 0.6 is 0 Å². The van der Waals surface area contributed by atoms with Gasteiger partial charge in [0.15, 0.2) is 0 Å². The van der Waals surface area contributed by atoms with E-state index in [-0.39, 0.29) is 11.7 Å². The van der Waals surface area contributed by atoms with Gasteiger partial charge in [-0.2, -0.15) is 0 Å². The van der Waals surface area contributed by atoms with Crippen LogP contribution in [0.25, 0.3) is 0 Å². The Morgan fingerprint density at radius 1 is 1.60 bits per heavy atom. The van der Waals surface area contributed by atoms with E-state index in [1.54, 1.807) is 6.20 Å². The summed E-state index contributed by atoms with van der Waals surface area (Å²) in [6.07, 6.45) is 6.15. The molecule has 1 aromatic heterocycles. The van der Waals surface area contributed by atoms with Crippen molar-refractivity contribution in [1.82, 2.24) is 15.3 Å². The molecule has 0 bridgehead atoms. The zero-order valence-electron chi connectivity index (χ0n) is 9.03. The van der Waals surface area contributed by atoms with Crippen molar-refractivity contribution in [3.05, 3.63) is 35.9 Å². The predicted molar refractivity (Wildman–Crippen MR) is 58.6 cm³/mol. The van der Waals surface area contributed by atoms with E-state index in [2.05, 4.69) is 15.3 Å². The fourth-order valence-corrected chi connectivity index (χ4v) is 1.05. The van der Waals surface area contributed by atoms with Crippen LogP contribution in [0.3, 0.4) is 0 Å². The molecule has 0 atom stereocenters. The summed E-state index contributed by atoms with van der Waals surface area (Å²) in [5.74, 6) is 0.00209. The van der Waals surface area contributed by atoms with E-state index in [1.165, 1.54) is 0 Å². The molecule has 0 unspecified atom stereocenters. The molecule has 0 aromatic carbocycles. The van der Waals surface area contributed by atoms with Crippen LogP contribution in [-0.2, 0) is 6.42 Å². The highest BCUT2D eigenvalue weighted by Crippen LogP contribution is 1.96. The number of nitrogens with one attached hydrogen (secondary N) is 1. The summed E-state index contributed by atoms with van der Waals surface area (Å²) < 4.78 is 0. The summed E-state index contributed by atoms with van der Waals surface area (Å²) in [7, 11) is 0. The first kappa shape index (κ1) is 11.4. The summed E-state index contributed by atoms with van der Waals surface area (Å²) in [5.41, 5.74) is 0.876. The normalized spacial score (nSPS) is 10.5. The molecule has 4 nitrogen and oxygen atoms in total. The Morgan fingerprint density at radius 3 is 3.07 bits per heavy atom. The maximum absolute atomic E-state index is 11.5. The van der Waals surface area contributed by atoms with Crippen molar-refractivity contribution >= 4 is 5.91 Å². The predicted octanol–water partition coefficient (Wildman–Crippen LogP) is 1.34. The van der Waals surface area contributed by atoms with Gasteiger partial charge in [-0.15, -0.1) is 0 Å². The van der Waals surface area contributed by atoms with Gasteiger partial charge in [-0.05, 0) is 19.4 Å². The van der Waals surface area contributed by atoms with Crippen LogP contribution in [0.5, 0.6) is 0 Å². The van der Waals surface area contributed by atoms with E-state index < -0.39 is 0 Å². The monoisotopic (exact) mass is 205 g/mol. The second-order valence-corrected chi connectivity index (χ2v) is 3.00. The third-order valence-electron chi connectivity index (χ3n) is 1.89. The second kappa shape index (κ2) is 5.90. The Kier molecular flexibility index (Phi) is 4.47. The molecule has 0 saturated heterocycles. The Morgan fingerprint density at radius 2 is 2.40 bits per heavy atom. The van der Waals surface area contributed by atoms with Gasteiger partial charge in [-0.1, -0.05) is 19.1 Å². The highest BCUT2D eigenvalue weighted by atomic mass is 16.2. The smallest absolute Gasteiger partial charge is 0.289 e. The lowest BCUT2D eigenvalue weighted by Gasteiger charge is -2.01. The van der Waals surface area contributed by atoms with Gasteiger partial charge in [0.2, 0.25) is 5.82 Å². The molecular weight excluding hydrogens is 190 g/mol. The molecule has 4 heteroatoms. The van der Waals surface area contributed by atoms with Crippen LogP contribution in [0.1, 0.15) is 30.2 Å². The van der Waals surface area contributed by atoms with Gasteiger partial charge in [-0.3, -0.25) is 4.79 Å². The summed E-state index contributed by atoms with van der Waals surface area (Å²) in [4.78, 5) is 19.6. The van der Waals surface area contributed by atoms with Crippen LogP contribution in [0.2, 0.25) is 0 Å². The Balaban J connectivity index is 2.64. The molecule has 1 amide bonds. The van der Waals surface area contributed by atoms with Crippen molar-refractivity contribution < 1.29 is 4.79 Å². The maximum Gasteiger partial charge on any atom is 0.289 e. The molecule has 1 aromatic rings. The van der Waals surface area contributed by atoms with E-state index in [0.717, 1.165) is 12.1 Å². The number of allylic oxidation sites excluding steroid dienone is 1. The minimum Gasteiger partial charge on any atom is -0.346 e. The third-order valence-corrected chi connectivity index (χ3v) is 1.89. The van der Waals surface area contributed by atoms with Gasteiger partial charge in [0.05, 0.1) is 0 Å². The van der Waals surface area contributed by atoms with Gasteiger partial charge in [0.1, 0.15) is 0 Å². The SMILES string of the molecule is C/C=C/CNC(=O)c1nccc(CC)n1. The number of hydrogen-bond acceptors (Lipinski definition) is 3. The van der Waals surface area contributed by atoms with Crippen molar-refractivity contribution in [2.45, 2.75) is 20.3 Å². The number of rotatable bonds is 4. The van der Waals surface area contributed by atoms with E-state index in [0.29, 0.717) is 6.54 Å². The van der Waals surface area contributed by atoms with Crippen LogP contribution < -0.4 is 5.32 Å². The number of carbonyl (C=O) groups is 1. The molecule has 0 aliphatic carbocycles. The molecule has 1 N–H and O–H groups in total. The first-order valence-electron chi connectivity index (χ1n) is 4.99.